The SMILES string of the molecule is Cc1ccc(C)c(COc2ccc3c(=O)c(Cl)coc3c2C)c1. The molecule has 3 nitrogen and oxygen atoms in total. The minimum absolute atomic E-state index is 0.0842. The van der Waals surface area contributed by atoms with Gasteiger partial charge in [0.25, 0.3) is 0 Å². The van der Waals surface area contributed by atoms with Crippen molar-refractivity contribution in [2.45, 2.75) is 27.4 Å². The Bertz CT molecular complexity index is 941. The quantitative estimate of drug-likeness (QED) is 0.682. The van der Waals surface area contributed by atoms with Crippen molar-refractivity contribution in [3.8, 4) is 5.75 Å². The van der Waals surface area contributed by atoms with E-state index in [4.69, 9.17) is 20.8 Å². The van der Waals surface area contributed by atoms with Crippen molar-refractivity contribution in [3.63, 3.8) is 0 Å². The zero-order valence-corrected chi connectivity index (χ0v) is 14.0. The lowest BCUT2D eigenvalue weighted by Gasteiger charge is -2.12. The summed E-state index contributed by atoms with van der Waals surface area (Å²) in [5, 5.41) is 0.551. The van der Waals surface area contributed by atoms with Gasteiger partial charge < -0.3 is 9.15 Å². The van der Waals surface area contributed by atoms with Crippen molar-refractivity contribution in [1.29, 1.82) is 0 Å². The lowest BCUT2D eigenvalue weighted by atomic mass is 10.1. The molecule has 0 fully saturated rings. The van der Waals surface area contributed by atoms with E-state index < -0.39 is 0 Å². The Morgan fingerprint density at radius 2 is 1.91 bits per heavy atom. The number of fused-ring (bicyclic) bond motifs is 1. The summed E-state index contributed by atoms with van der Waals surface area (Å²) in [5.41, 5.74) is 4.61. The second-order valence-corrected chi connectivity index (χ2v) is 6.10. The Morgan fingerprint density at radius 3 is 2.70 bits per heavy atom. The highest BCUT2D eigenvalue weighted by atomic mass is 35.5. The van der Waals surface area contributed by atoms with Crippen LogP contribution < -0.4 is 10.2 Å². The predicted octanol–water partition coefficient (Wildman–Crippen LogP) is 4.95. The molecule has 0 aliphatic heterocycles. The van der Waals surface area contributed by atoms with E-state index in [9.17, 15) is 4.79 Å². The van der Waals surface area contributed by atoms with Crippen molar-refractivity contribution in [1.82, 2.24) is 0 Å². The molecule has 4 heteroatoms. The van der Waals surface area contributed by atoms with E-state index in [1.807, 2.05) is 6.92 Å². The topological polar surface area (TPSA) is 39.4 Å². The van der Waals surface area contributed by atoms with E-state index in [1.165, 1.54) is 17.4 Å². The van der Waals surface area contributed by atoms with Crippen LogP contribution in [-0.2, 0) is 6.61 Å². The molecule has 0 unspecified atom stereocenters. The highest BCUT2D eigenvalue weighted by Gasteiger charge is 2.12. The number of aryl methyl sites for hydroxylation is 3. The highest BCUT2D eigenvalue weighted by Crippen LogP contribution is 2.27. The fraction of sp³-hybridized carbons (Fsp3) is 0.211. The Balaban J connectivity index is 1.95. The van der Waals surface area contributed by atoms with Crippen LogP contribution in [0.15, 0.2) is 45.8 Å². The van der Waals surface area contributed by atoms with Gasteiger partial charge in [-0.1, -0.05) is 35.4 Å². The number of ether oxygens (including phenoxy) is 1. The van der Waals surface area contributed by atoms with Crippen LogP contribution in [0, 0.1) is 20.8 Å². The van der Waals surface area contributed by atoms with E-state index >= 15 is 0 Å². The van der Waals surface area contributed by atoms with Gasteiger partial charge in [0.05, 0.1) is 5.39 Å². The molecule has 0 spiro atoms. The van der Waals surface area contributed by atoms with Gasteiger partial charge in [-0.3, -0.25) is 4.79 Å². The smallest absolute Gasteiger partial charge is 0.211 e. The molecule has 0 amide bonds. The van der Waals surface area contributed by atoms with Crippen molar-refractivity contribution >= 4 is 22.6 Å². The summed E-state index contributed by atoms with van der Waals surface area (Å²) in [6.07, 6.45) is 1.27. The summed E-state index contributed by atoms with van der Waals surface area (Å²) in [7, 11) is 0. The third-order valence-corrected chi connectivity index (χ3v) is 4.25. The van der Waals surface area contributed by atoms with Crippen molar-refractivity contribution < 1.29 is 9.15 Å². The van der Waals surface area contributed by atoms with Crippen molar-refractivity contribution in [2.75, 3.05) is 0 Å². The van der Waals surface area contributed by atoms with E-state index in [0.717, 1.165) is 11.1 Å². The molecular formula is C19H17ClO3. The number of rotatable bonds is 3. The van der Waals surface area contributed by atoms with Gasteiger partial charge in [-0.2, -0.15) is 0 Å². The molecule has 0 bridgehead atoms. The molecule has 0 N–H and O–H groups in total. The first-order chi connectivity index (χ1) is 11.0. The lowest BCUT2D eigenvalue weighted by Crippen LogP contribution is -2.04. The first kappa shape index (κ1) is 15.6. The van der Waals surface area contributed by atoms with Gasteiger partial charge in [0.1, 0.15) is 29.2 Å². The van der Waals surface area contributed by atoms with Crippen LogP contribution in [0.2, 0.25) is 5.02 Å². The minimum Gasteiger partial charge on any atom is -0.488 e. The molecule has 0 atom stereocenters. The molecule has 1 aromatic heterocycles. The summed E-state index contributed by atoms with van der Waals surface area (Å²) in [4.78, 5) is 12.0. The number of hydrogen-bond donors (Lipinski definition) is 0. The summed E-state index contributed by atoms with van der Waals surface area (Å²) < 4.78 is 11.4. The van der Waals surface area contributed by atoms with Gasteiger partial charge in [0.15, 0.2) is 0 Å². The second-order valence-electron chi connectivity index (χ2n) is 5.70. The number of benzene rings is 2. The molecule has 2 aromatic carbocycles. The maximum Gasteiger partial charge on any atom is 0.211 e. The molecular weight excluding hydrogens is 312 g/mol. The van der Waals surface area contributed by atoms with E-state index in [-0.39, 0.29) is 10.5 Å². The second kappa shape index (κ2) is 6.09. The summed E-state index contributed by atoms with van der Waals surface area (Å²) in [6, 6.07) is 9.76. The normalized spacial score (nSPS) is 11.0. The minimum atomic E-state index is -0.225. The Hall–Kier alpha value is -2.26. The largest absolute Gasteiger partial charge is 0.488 e. The molecule has 3 aromatic rings. The predicted molar refractivity (Wildman–Crippen MR) is 92.5 cm³/mol. The standard InChI is InChI=1S/C19H17ClO3/c1-11-4-5-12(2)14(8-11)9-22-17-7-6-15-18(21)16(20)10-23-19(15)13(17)3/h4-8,10H,9H2,1-3H3. The average Bonchev–Trinajstić information content (AvgIpc) is 2.53. The van der Waals surface area contributed by atoms with Gasteiger partial charge in [-0.05, 0) is 44.0 Å². The first-order valence-electron chi connectivity index (χ1n) is 7.37. The molecule has 0 aliphatic carbocycles. The molecule has 0 saturated heterocycles. The fourth-order valence-corrected chi connectivity index (χ4v) is 2.71. The third kappa shape index (κ3) is 2.97. The van der Waals surface area contributed by atoms with Crippen molar-refractivity contribution in [2.24, 2.45) is 0 Å². The monoisotopic (exact) mass is 328 g/mol. The maximum absolute atomic E-state index is 12.0. The molecule has 1 heterocycles. The third-order valence-electron chi connectivity index (χ3n) is 3.99. The van der Waals surface area contributed by atoms with Gasteiger partial charge in [0, 0.05) is 5.56 Å². The zero-order valence-electron chi connectivity index (χ0n) is 13.3. The molecule has 118 valence electrons. The van der Waals surface area contributed by atoms with Gasteiger partial charge in [-0.15, -0.1) is 0 Å². The van der Waals surface area contributed by atoms with Crippen LogP contribution in [0.3, 0.4) is 0 Å². The Labute approximate surface area is 139 Å². The van der Waals surface area contributed by atoms with Crippen molar-refractivity contribution in [3.05, 3.63) is 74.1 Å². The maximum atomic E-state index is 12.0. The first-order valence-corrected chi connectivity index (χ1v) is 7.74. The van der Waals surface area contributed by atoms with E-state index in [1.54, 1.807) is 12.1 Å². The summed E-state index contributed by atoms with van der Waals surface area (Å²) in [5.74, 6) is 0.698. The average molecular weight is 329 g/mol. The van der Waals surface area contributed by atoms with Crippen LogP contribution in [0.1, 0.15) is 22.3 Å². The number of halogens is 1. The highest BCUT2D eigenvalue weighted by molar-refractivity contribution is 6.30. The molecule has 0 radical (unpaired) electrons. The van der Waals surface area contributed by atoms with Gasteiger partial charge in [-0.25, -0.2) is 0 Å². The van der Waals surface area contributed by atoms with Gasteiger partial charge in [0.2, 0.25) is 5.43 Å². The molecule has 23 heavy (non-hydrogen) atoms. The van der Waals surface area contributed by atoms with Crippen LogP contribution in [0.4, 0.5) is 0 Å². The summed E-state index contributed by atoms with van der Waals surface area (Å²) in [6.45, 7) is 6.46. The van der Waals surface area contributed by atoms with Gasteiger partial charge >= 0.3 is 0 Å². The van der Waals surface area contributed by atoms with Crippen LogP contribution in [0.5, 0.6) is 5.75 Å². The fourth-order valence-electron chi connectivity index (χ4n) is 2.56. The molecule has 0 aliphatic rings. The van der Waals surface area contributed by atoms with Crippen LogP contribution in [0.25, 0.3) is 11.0 Å². The lowest BCUT2D eigenvalue weighted by molar-refractivity contribution is 0.303. The summed E-state index contributed by atoms with van der Waals surface area (Å²) >= 11 is 5.82. The van der Waals surface area contributed by atoms with E-state index in [2.05, 4.69) is 32.0 Å². The zero-order chi connectivity index (χ0) is 16.6. The molecule has 3 rings (SSSR count). The van der Waals surface area contributed by atoms with Crippen LogP contribution in [-0.4, -0.2) is 0 Å². The Morgan fingerprint density at radius 1 is 1.13 bits per heavy atom. The number of hydrogen-bond acceptors (Lipinski definition) is 3. The Kier molecular flexibility index (Phi) is 4.14. The van der Waals surface area contributed by atoms with Crippen LogP contribution >= 0.6 is 11.6 Å². The molecule has 0 saturated carbocycles. The van der Waals surface area contributed by atoms with E-state index in [0.29, 0.717) is 23.3 Å².